The molecular formula is C18H25N3O2S. The Hall–Kier alpha value is -2.08. The van der Waals surface area contributed by atoms with Gasteiger partial charge in [0, 0.05) is 11.0 Å². The van der Waals surface area contributed by atoms with Crippen molar-refractivity contribution in [2.45, 2.75) is 46.1 Å². The van der Waals surface area contributed by atoms with Crippen molar-refractivity contribution in [1.82, 2.24) is 10.3 Å². The minimum absolute atomic E-state index is 0.117. The van der Waals surface area contributed by atoms with Crippen molar-refractivity contribution in [2.24, 2.45) is 0 Å². The molecule has 2 aromatic rings. The zero-order valence-electron chi connectivity index (χ0n) is 15.1. The van der Waals surface area contributed by atoms with E-state index < -0.39 is 0 Å². The number of nitrogens with one attached hydrogen (secondary N) is 2. The molecule has 5 nitrogen and oxygen atoms in total. The Bertz CT molecular complexity index is 719. The Morgan fingerprint density at radius 3 is 2.67 bits per heavy atom. The number of carbonyl (C=O) groups is 1. The van der Waals surface area contributed by atoms with Crippen LogP contribution in [0.5, 0.6) is 5.75 Å². The third-order valence-corrected chi connectivity index (χ3v) is 4.45. The van der Waals surface area contributed by atoms with Gasteiger partial charge in [-0.1, -0.05) is 38.5 Å². The summed E-state index contributed by atoms with van der Waals surface area (Å²) in [7, 11) is 1.63. The number of aryl methyl sites for hydroxylation is 1. The molecule has 0 fully saturated rings. The lowest BCUT2D eigenvalue weighted by Crippen LogP contribution is -2.32. The molecule has 0 saturated heterocycles. The lowest BCUT2D eigenvalue weighted by molar-refractivity contribution is 0.249. The smallest absolute Gasteiger partial charge is 0.320 e. The summed E-state index contributed by atoms with van der Waals surface area (Å²) in [5.41, 5.74) is 4.60. The summed E-state index contributed by atoms with van der Waals surface area (Å²) in [5.74, 6) is 0.765. The van der Waals surface area contributed by atoms with Gasteiger partial charge in [0.05, 0.1) is 24.4 Å². The molecule has 130 valence electrons. The first-order chi connectivity index (χ1) is 11.2. The predicted octanol–water partition coefficient (Wildman–Crippen LogP) is 4.64. The molecule has 2 rings (SSSR count). The molecule has 0 bridgehead atoms. The number of rotatable bonds is 4. The van der Waals surface area contributed by atoms with E-state index in [-0.39, 0.29) is 17.5 Å². The van der Waals surface area contributed by atoms with Crippen LogP contribution in [0.4, 0.5) is 9.80 Å². The van der Waals surface area contributed by atoms with Gasteiger partial charge >= 0.3 is 6.03 Å². The highest BCUT2D eigenvalue weighted by molar-refractivity contribution is 7.14. The van der Waals surface area contributed by atoms with Gasteiger partial charge in [-0.25, -0.2) is 9.78 Å². The molecule has 0 aliphatic carbocycles. The van der Waals surface area contributed by atoms with Crippen LogP contribution in [0.3, 0.4) is 0 Å². The topological polar surface area (TPSA) is 63.2 Å². The molecule has 1 aromatic heterocycles. The van der Waals surface area contributed by atoms with Crippen LogP contribution >= 0.6 is 11.3 Å². The van der Waals surface area contributed by atoms with Crippen LogP contribution < -0.4 is 15.4 Å². The maximum absolute atomic E-state index is 12.4. The molecule has 1 aromatic carbocycles. The van der Waals surface area contributed by atoms with E-state index in [1.807, 2.05) is 32.0 Å². The first kappa shape index (κ1) is 18.3. The molecular weight excluding hydrogens is 322 g/mol. The van der Waals surface area contributed by atoms with Gasteiger partial charge < -0.3 is 10.1 Å². The lowest BCUT2D eigenvalue weighted by Gasteiger charge is -2.20. The fraction of sp³-hybridized carbons (Fsp3) is 0.444. The van der Waals surface area contributed by atoms with Gasteiger partial charge in [0.2, 0.25) is 0 Å². The van der Waals surface area contributed by atoms with Crippen LogP contribution in [-0.2, 0) is 5.41 Å². The number of methoxy groups -OCH3 is 1. The quantitative estimate of drug-likeness (QED) is 0.847. The highest BCUT2D eigenvalue weighted by Gasteiger charge is 2.23. The molecule has 2 N–H and O–H groups in total. The zero-order valence-corrected chi connectivity index (χ0v) is 15.9. The Morgan fingerprint density at radius 1 is 1.33 bits per heavy atom. The van der Waals surface area contributed by atoms with Gasteiger partial charge in [0.25, 0.3) is 0 Å². The van der Waals surface area contributed by atoms with Crippen molar-refractivity contribution in [1.29, 1.82) is 0 Å². The minimum Gasteiger partial charge on any atom is -0.496 e. The van der Waals surface area contributed by atoms with E-state index in [0.29, 0.717) is 0 Å². The standard InChI is InChI=1S/C18H25N3O2S/c1-11-7-8-14(23-6)13(9-11)12(2)20-17(22)21-16-15(18(3,4)5)19-10-24-16/h7-10,12H,1-6H3,(H2,20,21,22). The second kappa shape index (κ2) is 7.21. The van der Waals surface area contributed by atoms with Gasteiger partial charge in [0.1, 0.15) is 10.8 Å². The third kappa shape index (κ3) is 4.26. The molecule has 0 aliphatic heterocycles. The maximum atomic E-state index is 12.4. The number of hydrogen-bond acceptors (Lipinski definition) is 4. The summed E-state index contributed by atoms with van der Waals surface area (Å²) in [6.45, 7) is 10.2. The lowest BCUT2D eigenvalue weighted by atomic mass is 9.92. The molecule has 0 radical (unpaired) electrons. The summed E-state index contributed by atoms with van der Waals surface area (Å²) < 4.78 is 5.39. The summed E-state index contributed by atoms with van der Waals surface area (Å²) in [5, 5.41) is 6.66. The molecule has 24 heavy (non-hydrogen) atoms. The number of anilines is 1. The van der Waals surface area contributed by atoms with Crippen LogP contribution in [0, 0.1) is 6.92 Å². The Labute approximate surface area is 147 Å². The van der Waals surface area contributed by atoms with Gasteiger partial charge in [-0.15, -0.1) is 11.3 Å². The first-order valence-corrected chi connectivity index (χ1v) is 8.76. The largest absolute Gasteiger partial charge is 0.496 e. The van der Waals surface area contributed by atoms with E-state index >= 15 is 0 Å². The van der Waals surface area contributed by atoms with Crippen molar-refractivity contribution in [3.63, 3.8) is 0 Å². The van der Waals surface area contributed by atoms with Gasteiger partial charge in [-0.2, -0.15) is 0 Å². The van der Waals surface area contributed by atoms with E-state index in [0.717, 1.165) is 27.6 Å². The van der Waals surface area contributed by atoms with E-state index in [1.54, 1.807) is 12.6 Å². The zero-order chi connectivity index (χ0) is 17.9. The van der Waals surface area contributed by atoms with Gasteiger partial charge in [0.15, 0.2) is 0 Å². The summed E-state index contributed by atoms with van der Waals surface area (Å²) >= 11 is 1.43. The minimum atomic E-state index is -0.249. The number of urea groups is 1. The second-order valence-corrected chi connectivity index (χ2v) is 7.70. The van der Waals surface area contributed by atoms with Crippen molar-refractivity contribution >= 4 is 22.4 Å². The van der Waals surface area contributed by atoms with Crippen LogP contribution in [0.2, 0.25) is 0 Å². The summed E-state index contributed by atoms with van der Waals surface area (Å²) in [6.07, 6.45) is 0. The SMILES string of the molecule is COc1ccc(C)cc1C(C)NC(=O)Nc1scnc1C(C)(C)C. The Kier molecular flexibility index (Phi) is 5.49. The van der Waals surface area contributed by atoms with Crippen molar-refractivity contribution in [3.05, 3.63) is 40.5 Å². The first-order valence-electron chi connectivity index (χ1n) is 7.88. The van der Waals surface area contributed by atoms with Crippen LogP contribution in [-0.4, -0.2) is 18.1 Å². The number of benzene rings is 1. The number of carbonyl (C=O) groups excluding carboxylic acids is 1. The van der Waals surface area contributed by atoms with Gasteiger partial charge in [-0.05, 0) is 19.9 Å². The van der Waals surface area contributed by atoms with Crippen molar-refractivity contribution in [3.8, 4) is 5.75 Å². The molecule has 0 spiro atoms. The van der Waals surface area contributed by atoms with E-state index in [1.165, 1.54) is 11.3 Å². The van der Waals surface area contributed by atoms with Crippen molar-refractivity contribution < 1.29 is 9.53 Å². The molecule has 2 amide bonds. The average Bonchev–Trinajstić information content (AvgIpc) is 2.95. The number of thiazole rings is 1. The number of aromatic nitrogens is 1. The molecule has 0 saturated carbocycles. The van der Waals surface area contributed by atoms with Crippen LogP contribution in [0.15, 0.2) is 23.7 Å². The molecule has 0 aliphatic rings. The van der Waals surface area contributed by atoms with Gasteiger partial charge in [-0.3, -0.25) is 5.32 Å². The maximum Gasteiger partial charge on any atom is 0.320 e. The second-order valence-electron chi connectivity index (χ2n) is 6.85. The Balaban J connectivity index is 2.11. The number of ether oxygens (including phenoxy) is 1. The normalized spacial score (nSPS) is 12.6. The molecule has 1 unspecified atom stereocenters. The van der Waals surface area contributed by atoms with E-state index in [9.17, 15) is 4.79 Å². The highest BCUT2D eigenvalue weighted by Crippen LogP contribution is 2.31. The average molecular weight is 347 g/mol. The number of amides is 2. The molecule has 6 heteroatoms. The Morgan fingerprint density at radius 2 is 2.04 bits per heavy atom. The molecule has 1 heterocycles. The summed E-state index contributed by atoms with van der Waals surface area (Å²) in [6, 6.07) is 5.51. The van der Waals surface area contributed by atoms with Crippen LogP contribution in [0.25, 0.3) is 0 Å². The highest BCUT2D eigenvalue weighted by atomic mass is 32.1. The fourth-order valence-electron chi connectivity index (χ4n) is 2.47. The van der Waals surface area contributed by atoms with Crippen LogP contribution in [0.1, 0.15) is 50.6 Å². The molecule has 1 atom stereocenters. The monoisotopic (exact) mass is 347 g/mol. The van der Waals surface area contributed by atoms with Crippen molar-refractivity contribution in [2.75, 3.05) is 12.4 Å². The van der Waals surface area contributed by atoms with E-state index in [2.05, 4.69) is 36.4 Å². The van der Waals surface area contributed by atoms with E-state index in [4.69, 9.17) is 4.74 Å². The third-order valence-electron chi connectivity index (χ3n) is 3.70. The number of nitrogens with zero attached hydrogens (tertiary/aromatic N) is 1. The summed E-state index contributed by atoms with van der Waals surface area (Å²) in [4.78, 5) is 16.7. The number of hydrogen-bond donors (Lipinski definition) is 2. The fourth-order valence-corrected chi connectivity index (χ4v) is 3.36. The predicted molar refractivity (Wildman–Crippen MR) is 99.1 cm³/mol.